The molecule has 2 aromatic carbocycles. The molecule has 0 bridgehead atoms. The summed E-state index contributed by atoms with van der Waals surface area (Å²) in [6, 6.07) is 12.2. The van der Waals surface area contributed by atoms with Gasteiger partial charge in [0.05, 0.1) is 6.10 Å². The fourth-order valence-corrected chi connectivity index (χ4v) is 4.05. The number of hydrogen-bond donors (Lipinski definition) is 2. The number of aromatic nitrogens is 1. The SMILES string of the molecule is Cc1ccc2c(CNC[C@H]3CCCO3)c(C(=O)O)n(Cc3ccc(F)cc3)c2c1. The van der Waals surface area contributed by atoms with Crippen LogP contribution in [0.2, 0.25) is 0 Å². The molecule has 6 heteroatoms. The van der Waals surface area contributed by atoms with E-state index in [9.17, 15) is 14.3 Å². The van der Waals surface area contributed by atoms with Gasteiger partial charge in [0, 0.05) is 42.7 Å². The summed E-state index contributed by atoms with van der Waals surface area (Å²) >= 11 is 0. The second-order valence-corrected chi connectivity index (χ2v) is 7.63. The van der Waals surface area contributed by atoms with Crippen LogP contribution >= 0.6 is 0 Å². The number of nitrogens with zero attached hydrogens (tertiary/aromatic N) is 1. The number of rotatable bonds is 7. The summed E-state index contributed by atoms with van der Waals surface area (Å²) in [7, 11) is 0. The van der Waals surface area contributed by atoms with Crippen molar-refractivity contribution in [3.63, 3.8) is 0 Å². The molecule has 1 fully saturated rings. The van der Waals surface area contributed by atoms with Gasteiger partial charge in [-0.1, -0.05) is 24.3 Å². The number of carbonyl (C=O) groups is 1. The van der Waals surface area contributed by atoms with Gasteiger partial charge in [-0.25, -0.2) is 9.18 Å². The summed E-state index contributed by atoms with van der Waals surface area (Å²) < 4.78 is 20.8. The predicted octanol–water partition coefficient (Wildman–Crippen LogP) is 4.10. The largest absolute Gasteiger partial charge is 0.477 e. The Balaban J connectivity index is 1.72. The third kappa shape index (κ3) is 4.18. The standard InChI is InChI=1S/C23H25FN2O3/c1-15-4-9-19-20(13-25-12-18-3-2-10-29-18)22(23(27)28)26(21(19)11-15)14-16-5-7-17(24)8-6-16/h4-9,11,18,25H,2-3,10,12-14H2,1H3,(H,27,28)/t18-/m1/s1. The van der Waals surface area contributed by atoms with Crippen LogP contribution in [0.3, 0.4) is 0 Å². The minimum atomic E-state index is -0.963. The normalized spacial score (nSPS) is 16.6. The Kier molecular flexibility index (Phi) is 5.65. The van der Waals surface area contributed by atoms with Gasteiger partial charge in [-0.3, -0.25) is 0 Å². The van der Waals surface area contributed by atoms with E-state index in [1.54, 1.807) is 12.1 Å². The number of carboxylic acids is 1. The molecule has 5 nitrogen and oxygen atoms in total. The molecule has 1 aliphatic rings. The summed E-state index contributed by atoms with van der Waals surface area (Å²) in [6.45, 7) is 4.31. The van der Waals surface area contributed by atoms with Gasteiger partial charge in [0.1, 0.15) is 11.5 Å². The van der Waals surface area contributed by atoms with Gasteiger partial charge >= 0.3 is 5.97 Å². The first kappa shape index (κ1) is 19.6. The van der Waals surface area contributed by atoms with E-state index in [0.29, 0.717) is 19.6 Å². The second kappa shape index (κ2) is 8.35. The quantitative estimate of drug-likeness (QED) is 0.631. The summed E-state index contributed by atoms with van der Waals surface area (Å²) in [4.78, 5) is 12.2. The molecule has 152 valence electrons. The van der Waals surface area contributed by atoms with Crippen LogP contribution < -0.4 is 5.32 Å². The van der Waals surface area contributed by atoms with Crippen molar-refractivity contribution in [2.75, 3.05) is 13.2 Å². The second-order valence-electron chi connectivity index (χ2n) is 7.63. The first-order chi connectivity index (χ1) is 14.0. The lowest BCUT2D eigenvalue weighted by Crippen LogP contribution is -2.26. The van der Waals surface area contributed by atoms with Crippen LogP contribution in [0.4, 0.5) is 4.39 Å². The first-order valence-electron chi connectivity index (χ1n) is 9.94. The van der Waals surface area contributed by atoms with Gasteiger partial charge < -0.3 is 19.7 Å². The molecule has 0 spiro atoms. The number of aryl methyl sites for hydroxylation is 1. The molecule has 2 N–H and O–H groups in total. The number of halogens is 1. The summed E-state index contributed by atoms with van der Waals surface area (Å²) in [5.74, 6) is -1.27. The van der Waals surface area contributed by atoms with E-state index in [1.807, 2.05) is 29.7 Å². The van der Waals surface area contributed by atoms with Crippen LogP contribution in [0, 0.1) is 12.7 Å². The maximum absolute atomic E-state index is 13.3. The molecule has 4 rings (SSSR count). The van der Waals surface area contributed by atoms with Crippen LogP contribution in [-0.4, -0.2) is 34.9 Å². The lowest BCUT2D eigenvalue weighted by atomic mass is 10.1. The van der Waals surface area contributed by atoms with Gasteiger partial charge in [-0.05, 0) is 49.1 Å². The average Bonchev–Trinajstić information content (AvgIpc) is 3.30. The minimum absolute atomic E-state index is 0.193. The maximum atomic E-state index is 13.3. The average molecular weight is 396 g/mol. The molecule has 0 amide bonds. The van der Waals surface area contributed by atoms with Gasteiger partial charge in [-0.15, -0.1) is 0 Å². The summed E-state index contributed by atoms with van der Waals surface area (Å²) in [5, 5.41) is 14.3. The Bertz CT molecular complexity index is 1020. The minimum Gasteiger partial charge on any atom is -0.477 e. The zero-order valence-corrected chi connectivity index (χ0v) is 16.5. The van der Waals surface area contributed by atoms with E-state index in [-0.39, 0.29) is 17.6 Å². The van der Waals surface area contributed by atoms with Crippen LogP contribution in [-0.2, 0) is 17.8 Å². The van der Waals surface area contributed by atoms with E-state index in [4.69, 9.17) is 4.74 Å². The van der Waals surface area contributed by atoms with Gasteiger partial charge in [0.2, 0.25) is 0 Å². The van der Waals surface area contributed by atoms with Gasteiger partial charge in [0.15, 0.2) is 0 Å². The fourth-order valence-electron chi connectivity index (χ4n) is 4.05. The maximum Gasteiger partial charge on any atom is 0.352 e. The van der Waals surface area contributed by atoms with E-state index in [1.165, 1.54) is 12.1 Å². The zero-order chi connectivity index (χ0) is 20.4. The highest BCUT2D eigenvalue weighted by Gasteiger charge is 2.23. The molecule has 0 aliphatic carbocycles. The van der Waals surface area contributed by atoms with E-state index < -0.39 is 5.97 Å². The predicted molar refractivity (Wildman–Crippen MR) is 110 cm³/mol. The topological polar surface area (TPSA) is 63.5 Å². The Morgan fingerprint density at radius 2 is 2.07 bits per heavy atom. The number of aromatic carboxylic acids is 1. The Morgan fingerprint density at radius 1 is 1.28 bits per heavy atom. The van der Waals surface area contributed by atoms with E-state index in [2.05, 4.69) is 5.32 Å². The van der Waals surface area contributed by atoms with Crippen molar-refractivity contribution in [2.45, 2.75) is 39.0 Å². The highest BCUT2D eigenvalue weighted by molar-refractivity contribution is 5.98. The number of ether oxygens (including phenoxy) is 1. The van der Waals surface area contributed by atoms with Crippen LogP contribution in [0.5, 0.6) is 0 Å². The smallest absolute Gasteiger partial charge is 0.352 e. The lowest BCUT2D eigenvalue weighted by molar-refractivity contribution is 0.0684. The lowest BCUT2D eigenvalue weighted by Gasteiger charge is -2.12. The molecule has 1 atom stereocenters. The van der Waals surface area contributed by atoms with E-state index >= 15 is 0 Å². The molecule has 0 radical (unpaired) electrons. The number of fused-ring (bicyclic) bond motifs is 1. The fraction of sp³-hybridized carbons (Fsp3) is 0.348. The molecule has 1 aromatic heterocycles. The molecule has 1 aliphatic heterocycles. The van der Waals surface area contributed by atoms with Crippen molar-refractivity contribution in [3.05, 3.63) is 70.7 Å². The molecule has 2 heterocycles. The Labute approximate surface area is 169 Å². The number of carboxylic acid groups (broad SMARTS) is 1. The Hall–Kier alpha value is -2.70. The van der Waals surface area contributed by atoms with Crippen LogP contribution in [0.1, 0.15) is 40.0 Å². The molecule has 0 unspecified atom stereocenters. The van der Waals surface area contributed by atoms with E-state index in [0.717, 1.165) is 47.0 Å². The number of hydrogen-bond acceptors (Lipinski definition) is 3. The van der Waals surface area contributed by atoms with Crippen LogP contribution in [0.25, 0.3) is 10.9 Å². The molecule has 29 heavy (non-hydrogen) atoms. The van der Waals surface area contributed by atoms with Crippen molar-refractivity contribution in [3.8, 4) is 0 Å². The van der Waals surface area contributed by atoms with Crippen molar-refractivity contribution < 1.29 is 19.0 Å². The molecular formula is C23H25FN2O3. The molecule has 0 saturated carbocycles. The third-order valence-electron chi connectivity index (χ3n) is 5.48. The molecular weight excluding hydrogens is 371 g/mol. The molecule has 3 aromatic rings. The molecule has 1 saturated heterocycles. The van der Waals surface area contributed by atoms with Crippen molar-refractivity contribution in [1.29, 1.82) is 0 Å². The van der Waals surface area contributed by atoms with Gasteiger partial charge in [-0.2, -0.15) is 0 Å². The highest BCUT2D eigenvalue weighted by atomic mass is 19.1. The summed E-state index contributed by atoms with van der Waals surface area (Å²) in [5.41, 5.74) is 3.83. The monoisotopic (exact) mass is 396 g/mol. The van der Waals surface area contributed by atoms with Crippen molar-refractivity contribution in [2.24, 2.45) is 0 Å². The van der Waals surface area contributed by atoms with Gasteiger partial charge in [0.25, 0.3) is 0 Å². The van der Waals surface area contributed by atoms with Crippen molar-refractivity contribution in [1.82, 2.24) is 9.88 Å². The Morgan fingerprint density at radius 3 is 2.76 bits per heavy atom. The third-order valence-corrected chi connectivity index (χ3v) is 5.48. The number of benzene rings is 2. The van der Waals surface area contributed by atoms with Crippen molar-refractivity contribution >= 4 is 16.9 Å². The highest BCUT2D eigenvalue weighted by Crippen LogP contribution is 2.29. The summed E-state index contributed by atoms with van der Waals surface area (Å²) in [6.07, 6.45) is 2.30. The number of nitrogens with one attached hydrogen (secondary N) is 1. The zero-order valence-electron chi connectivity index (χ0n) is 16.5. The first-order valence-corrected chi connectivity index (χ1v) is 9.94. The van der Waals surface area contributed by atoms with Crippen LogP contribution in [0.15, 0.2) is 42.5 Å².